The number of hydrogen-bond donors (Lipinski definition) is 1. The molecule has 0 aromatic heterocycles. The summed E-state index contributed by atoms with van der Waals surface area (Å²) in [7, 11) is 0. The third-order valence-corrected chi connectivity index (χ3v) is 5.69. The Kier molecular flexibility index (Phi) is 8.63. The molecule has 7 nitrogen and oxygen atoms in total. The number of carbonyl (C=O) groups is 1. The molecule has 35 heavy (non-hydrogen) atoms. The number of nitrogens with one attached hydrogen (secondary N) is 1. The first kappa shape index (κ1) is 25.5. The molecule has 1 N–H and O–H groups in total. The van der Waals surface area contributed by atoms with Crippen LogP contribution in [0.25, 0.3) is 6.08 Å². The Morgan fingerprint density at radius 3 is 2.57 bits per heavy atom. The van der Waals surface area contributed by atoms with Gasteiger partial charge in [-0.15, -0.1) is 6.58 Å². The van der Waals surface area contributed by atoms with E-state index in [9.17, 15) is 20.2 Å². The number of ether oxygens (including phenoxy) is 1. The van der Waals surface area contributed by atoms with Crippen LogP contribution in [0.5, 0.6) is 5.75 Å². The Labute approximate surface area is 212 Å². The zero-order chi connectivity index (χ0) is 25.4. The van der Waals surface area contributed by atoms with Crippen LogP contribution in [0.2, 0.25) is 10.0 Å². The summed E-state index contributed by atoms with van der Waals surface area (Å²) < 4.78 is 5.90. The number of non-ortho nitro benzene ring substituents is 1. The first-order chi connectivity index (χ1) is 16.8. The minimum atomic E-state index is -0.625. The van der Waals surface area contributed by atoms with E-state index in [-0.39, 0.29) is 27.9 Å². The van der Waals surface area contributed by atoms with E-state index in [1.807, 2.05) is 6.07 Å². The van der Waals surface area contributed by atoms with Gasteiger partial charge < -0.3 is 10.1 Å². The molecule has 0 spiro atoms. The Morgan fingerprint density at radius 1 is 1.17 bits per heavy atom. The molecule has 0 bridgehead atoms. The topological polar surface area (TPSA) is 105 Å². The molecule has 3 aromatic rings. The molecule has 0 unspecified atom stereocenters. The van der Waals surface area contributed by atoms with E-state index in [2.05, 4.69) is 11.9 Å². The first-order valence-corrected chi connectivity index (χ1v) is 11.0. The van der Waals surface area contributed by atoms with E-state index in [0.29, 0.717) is 23.4 Å². The fourth-order valence-electron chi connectivity index (χ4n) is 3.13. The number of carbonyl (C=O) groups excluding carboxylic acids is 1. The van der Waals surface area contributed by atoms with Gasteiger partial charge in [0.2, 0.25) is 0 Å². The maximum absolute atomic E-state index is 12.6. The maximum Gasteiger partial charge on any atom is 0.269 e. The summed E-state index contributed by atoms with van der Waals surface area (Å²) in [6, 6.07) is 18.1. The number of hydrogen-bond acceptors (Lipinski definition) is 5. The number of nitro groups is 1. The summed E-state index contributed by atoms with van der Waals surface area (Å²) in [5.41, 5.74) is 2.37. The minimum absolute atomic E-state index is 0.00667. The fraction of sp³-hybridized carbons (Fsp3) is 0.0769. The van der Waals surface area contributed by atoms with Crippen molar-refractivity contribution in [2.45, 2.75) is 13.0 Å². The molecule has 0 heterocycles. The molecule has 1 amide bonds. The SMILES string of the molecule is C=CCc1cc(/C=C(/C#N)C(=O)Nc2cccc(Cl)c2Cl)ccc1OCc1ccc([N+](=O)[O-])cc1. The van der Waals surface area contributed by atoms with Crippen molar-refractivity contribution in [3.05, 3.63) is 116 Å². The van der Waals surface area contributed by atoms with Gasteiger partial charge in [-0.25, -0.2) is 0 Å². The van der Waals surface area contributed by atoms with Gasteiger partial charge in [0.05, 0.1) is 20.7 Å². The van der Waals surface area contributed by atoms with Gasteiger partial charge in [0.15, 0.2) is 0 Å². The molecule has 0 saturated carbocycles. The number of nitrogens with zero attached hydrogens (tertiary/aromatic N) is 2. The molecular formula is C26H19Cl2N3O4. The van der Waals surface area contributed by atoms with E-state index >= 15 is 0 Å². The van der Waals surface area contributed by atoms with E-state index in [4.69, 9.17) is 27.9 Å². The smallest absolute Gasteiger partial charge is 0.269 e. The van der Waals surface area contributed by atoms with Crippen LogP contribution >= 0.6 is 23.2 Å². The minimum Gasteiger partial charge on any atom is -0.489 e. The second-order valence-corrected chi connectivity index (χ2v) is 8.08. The van der Waals surface area contributed by atoms with E-state index in [0.717, 1.165) is 11.1 Å². The van der Waals surface area contributed by atoms with Gasteiger partial charge in [-0.1, -0.05) is 41.4 Å². The van der Waals surface area contributed by atoms with E-state index in [1.165, 1.54) is 18.2 Å². The standard InChI is InChI=1S/C26H19Cl2N3O4/c1-2-4-19-13-18(9-12-24(19)35-16-17-7-10-21(11-8-17)31(33)34)14-20(15-29)26(32)30-23-6-3-5-22(27)25(23)28/h2-3,5-14H,1,4,16H2,(H,30,32)/b20-14-. The van der Waals surface area contributed by atoms with Crippen molar-refractivity contribution >= 4 is 46.6 Å². The van der Waals surface area contributed by atoms with Crippen LogP contribution in [0.4, 0.5) is 11.4 Å². The summed E-state index contributed by atoms with van der Waals surface area (Å²) in [5, 5.41) is 23.4. The number of rotatable bonds is 9. The highest BCUT2D eigenvalue weighted by atomic mass is 35.5. The van der Waals surface area contributed by atoms with Crippen LogP contribution in [0.3, 0.4) is 0 Å². The molecule has 0 atom stereocenters. The number of halogens is 2. The summed E-state index contributed by atoms with van der Waals surface area (Å²) in [6.45, 7) is 3.98. The second-order valence-electron chi connectivity index (χ2n) is 7.30. The monoisotopic (exact) mass is 507 g/mol. The molecule has 9 heteroatoms. The molecule has 0 saturated heterocycles. The Balaban J connectivity index is 1.78. The third kappa shape index (κ3) is 6.70. The number of amides is 1. The lowest BCUT2D eigenvalue weighted by molar-refractivity contribution is -0.384. The predicted octanol–water partition coefficient (Wildman–Crippen LogP) is 6.75. The Hall–Kier alpha value is -4.12. The van der Waals surface area contributed by atoms with Crippen molar-refractivity contribution in [1.82, 2.24) is 0 Å². The summed E-state index contributed by atoms with van der Waals surface area (Å²) in [4.78, 5) is 23.0. The molecule has 0 aliphatic rings. The lowest BCUT2D eigenvalue weighted by Gasteiger charge is -2.12. The number of benzene rings is 3. The van der Waals surface area contributed by atoms with E-state index in [1.54, 1.807) is 54.6 Å². The highest BCUT2D eigenvalue weighted by Crippen LogP contribution is 2.30. The maximum atomic E-state index is 12.6. The first-order valence-electron chi connectivity index (χ1n) is 10.3. The average molecular weight is 508 g/mol. The van der Waals surface area contributed by atoms with Gasteiger partial charge >= 0.3 is 0 Å². The van der Waals surface area contributed by atoms with Crippen molar-refractivity contribution in [1.29, 1.82) is 5.26 Å². The molecule has 3 rings (SSSR count). The van der Waals surface area contributed by atoms with Gasteiger partial charge in [0.1, 0.15) is 24.0 Å². The lowest BCUT2D eigenvalue weighted by Crippen LogP contribution is -2.13. The van der Waals surface area contributed by atoms with Gasteiger partial charge in [-0.2, -0.15) is 5.26 Å². The van der Waals surface area contributed by atoms with Crippen LogP contribution in [-0.2, 0) is 17.8 Å². The number of anilines is 1. The van der Waals surface area contributed by atoms with Crippen molar-refractivity contribution in [3.8, 4) is 11.8 Å². The predicted molar refractivity (Wildman–Crippen MR) is 136 cm³/mol. The van der Waals surface area contributed by atoms with Crippen LogP contribution in [0, 0.1) is 21.4 Å². The largest absolute Gasteiger partial charge is 0.489 e. The van der Waals surface area contributed by atoms with Crippen molar-refractivity contribution in [2.75, 3.05) is 5.32 Å². The second kappa shape index (κ2) is 11.8. The Bertz CT molecular complexity index is 1350. The average Bonchev–Trinajstić information content (AvgIpc) is 2.85. The summed E-state index contributed by atoms with van der Waals surface area (Å²) >= 11 is 12.1. The quantitative estimate of drug-likeness (QED) is 0.113. The fourth-order valence-corrected chi connectivity index (χ4v) is 3.47. The summed E-state index contributed by atoms with van der Waals surface area (Å²) in [5.74, 6) is -0.0329. The van der Waals surface area contributed by atoms with Crippen LogP contribution in [-0.4, -0.2) is 10.8 Å². The molecule has 0 aliphatic carbocycles. The van der Waals surface area contributed by atoms with Gasteiger partial charge in [-0.3, -0.25) is 14.9 Å². The highest BCUT2D eigenvalue weighted by Gasteiger charge is 2.14. The van der Waals surface area contributed by atoms with Crippen molar-refractivity contribution < 1.29 is 14.5 Å². The molecular weight excluding hydrogens is 489 g/mol. The third-order valence-electron chi connectivity index (χ3n) is 4.87. The normalized spacial score (nSPS) is 10.8. The zero-order valence-electron chi connectivity index (χ0n) is 18.3. The van der Waals surface area contributed by atoms with Crippen molar-refractivity contribution in [3.63, 3.8) is 0 Å². The molecule has 176 valence electrons. The van der Waals surface area contributed by atoms with Gasteiger partial charge in [-0.05, 0) is 65.6 Å². The molecule has 0 radical (unpaired) electrons. The van der Waals surface area contributed by atoms with Crippen molar-refractivity contribution in [2.24, 2.45) is 0 Å². The molecule has 0 fully saturated rings. The number of nitriles is 1. The summed E-state index contributed by atoms with van der Waals surface area (Å²) in [6.07, 6.45) is 3.66. The molecule has 3 aromatic carbocycles. The van der Waals surface area contributed by atoms with Crippen LogP contribution in [0.1, 0.15) is 16.7 Å². The number of allylic oxidation sites excluding steroid dienone is 1. The van der Waals surface area contributed by atoms with Crippen LogP contribution in [0.15, 0.2) is 78.9 Å². The van der Waals surface area contributed by atoms with Gasteiger partial charge in [0, 0.05) is 12.1 Å². The lowest BCUT2D eigenvalue weighted by atomic mass is 10.0. The van der Waals surface area contributed by atoms with E-state index < -0.39 is 10.8 Å². The molecule has 0 aliphatic heterocycles. The number of nitro benzene ring substituents is 1. The van der Waals surface area contributed by atoms with Gasteiger partial charge in [0.25, 0.3) is 11.6 Å². The van der Waals surface area contributed by atoms with Crippen LogP contribution < -0.4 is 10.1 Å². The zero-order valence-corrected chi connectivity index (χ0v) is 19.8. The Morgan fingerprint density at radius 2 is 1.91 bits per heavy atom. The highest BCUT2D eigenvalue weighted by molar-refractivity contribution is 6.44.